The number of hydrogen-bond donors (Lipinski definition) is 3. The molecule has 3 rings (SSSR count). The molecule has 0 aliphatic heterocycles. The summed E-state index contributed by atoms with van der Waals surface area (Å²) < 4.78 is 1.74. The van der Waals surface area contributed by atoms with Crippen molar-refractivity contribution in [1.82, 2.24) is 14.9 Å². The molecule has 2 aromatic carbocycles. The minimum Gasteiger partial charge on any atom is -0.504 e. The van der Waals surface area contributed by atoms with Gasteiger partial charge in [0, 0.05) is 5.56 Å². The first-order valence-electron chi connectivity index (χ1n) is 6.55. The van der Waals surface area contributed by atoms with Crippen LogP contribution in [0.5, 0.6) is 11.5 Å². The quantitative estimate of drug-likeness (QED) is 0.384. The van der Waals surface area contributed by atoms with Gasteiger partial charge in [-0.2, -0.15) is 14.9 Å². The summed E-state index contributed by atoms with van der Waals surface area (Å²) in [5.41, 5.74) is 1.28. The third kappa shape index (κ3) is 3.10. The van der Waals surface area contributed by atoms with Gasteiger partial charge in [0.25, 0.3) is 0 Å². The van der Waals surface area contributed by atoms with E-state index >= 15 is 0 Å². The molecular weight excluding hydrogens is 336 g/mol. The molecule has 3 N–H and O–H groups in total. The Bertz CT molecular complexity index is 949. The van der Waals surface area contributed by atoms with E-state index in [0.717, 1.165) is 0 Å². The fourth-order valence-corrected chi connectivity index (χ4v) is 2.36. The maximum atomic E-state index is 9.51. The molecule has 0 amide bonds. The van der Waals surface area contributed by atoms with Gasteiger partial charge in [0.1, 0.15) is 0 Å². The van der Waals surface area contributed by atoms with Crippen LogP contribution >= 0.6 is 23.8 Å². The van der Waals surface area contributed by atoms with Crippen LogP contribution in [0, 0.1) is 4.77 Å². The molecule has 0 saturated heterocycles. The van der Waals surface area contributed by atoms with Gasteiger partial charge in [0.15, 0.2) is 17.3 Å². The highest BCUT2D eigenvalue weighted by atomic mass is 35.5. The number of phenols is 2. The lowest BCUT2D eigenvalue weighted by Gasteiger charge is -2.03. The number of aromatic amines is 1. The smallest absolute Gasteiger partial charge is 0.216 e. The number of nitrogens with one attached hydrogen (secondary N) is 1. The van der Waals surface area contributed by atoms with E-state index in [9.17, 15) is 10.2 Å². The van der Waals surface area contributed by atoms with Gasteiger partial charge in [-0.15, -0.1) is 0 Å². The average molecular weight is 347 g/mol. The third-order valence-corrected chi connectivity index (χ3v) is 3.68. The topological polar surface area (TPSA) is 86.4 Å². The number of hydrogen-bond acceptors (Lipinski definition) is 5. The van der Waals surface area contributed by atoms with Crippen LogP contribution in [0.15, 0.2) is 47.6 Å². The standard InChI is InChI=1S/C15H11ClN4O2S/c16-11-4-2-1-3-10(11)14-18-19-15(23)20(14)17-8-9-5-6-12(21)13(22)7-9/h1-8,21-22H,(H,19,23)/b17-8+. The zero-order valence-corrected chi connectivity index (χ0v) is 13.2. The van der Waals surface area contributed by atoms with E-state index in [1.165, 1.54) is 23.0 Å². The molecule has 0 saturated carbocycles. The molecule has 23 heavy (non-hydrogen) atoms. The van der Waals surface area contributed by atoms with Crippen molar-refractivity contribution in [3.8, 4) is 22.9 Å². The summed E-state index contributed by atoms with van der Waals surface area (Å²) in [7, 11) is 0. The van der Waals surface area contributed by atoms with Gasteiger partial charge >= 0.3 is 0 Å². The molecule has 0 bridgehead atoms. The van der Waals surface area contributed by atoms with Crippen molar-refractivity contribution >= 4 is 30.0 Å². The molecule has 116 valence electrons. The van der Waals surface area contributed by atoms with Gasteiger partial charge in [-0.25, -0.2) is 5.10 Å². The number of rotatable bonds is 3. The molecule has 0 atom stereocenters. The van der Waals surface area contributed by atoms with Crippen molar-refractivity contribution in [2.45, 2.75) is 0 Å². The first-order valence-corrected chi connectivity index (χ1v) is 7.33. The maximum Gasteiger partial charge on any atom is 0.216 e. The fraction of sp³-hybridized carbons (Fsp3) is 0. The Morgan fingerprint density at radius 2 is 1.96 bits per heavy atom. The second-order valence-electron chi connectivity index (χ2n) is 4.64. The zero-order valence-electron chi connectivity index (χ0n) is 11.6. The molecule has 6 nitrogen and oxygen atoms in total. The van der Waals surface area contributed by atoms with Crippen molar-refractivity contribution in [3.05, 3.63) is 57.8 Å². The van der Waals surface area contributed by atoms with Crippen molar-refractivity contribution < 1.29 is 10.2 Å². The predicted octanol–water partition coefficient (Wildman–Crippen LogP) is 3.55. The summed E-state index contributed by atoms with van der Waals surface area (Å²) in [5.74, 6) is 0.0507. The minimum atomic E-state index is -0.226. The van der Waals surface area contributed by atoms with E-state index in [1.807, 2.05) is 18.2 Å². The van der Waals surface area contributed by atoms with Crippen LogP contribution in [0.3, 0.4) is 0 Å². The second-order valence-corrected chi connectivity index (χ2v) is 5.43. The van der Waals surface area contributed by atoms with Gasteiger partial charge in [-0.1, -0.05) is 23.7 Å². The largest absolute Gasteiger partial charge is 0.504 e. The van der Waals surface area contributed by atoms with Crippen LogP contribution < -0.4 is 0 Å². The molecule has 1 heterocycles. The monoisotopic (exact) mass is 346 g/mol. The van der Waals surface area contributed by atoms with E-state index in [-0.39, 0.29) is 11.5 Å². The number of aromatic nitrogens is 3. The van der Waals surface area contributed by atoms with Crippen molar-refractivity contribution in [3.63, 3.8) is 0 Å². The minimum absolute atomic E-state index is 0.196. The van der Waals surface area contributed by atoms with Gasteiger partial charge < -0.3 is 10.2 Å². The fourth-order valence-electron chi connectivity index (χ4n) is 1.96. The molecule has 0 aliphatic carbocycles. The van der Waals surface area contributed by atoms with E-state index in [1.54, 1.807) is 12.1 Å². The highest BCUT2D eigenvalue weighted by Crippen LogP contribution is 2.26. The Hall–Kier alpha value is -2.64. The summed E-state index contributed by atoms with van der Waals surface area (Å²) >= 11 is 11.4. The number of benzene rings is 2. The van der Waals surface area contributed by atoms with E-state index in [0.29, 0.717) is 26.7 Å². The summed E-state index contributed by atoms with van der Waals surface area (Å²) in [5, 5.41) is 30.4. The molecular formula is C15H11ClN4O2S. The Kier molecular flexibility index (Phi) is 4.14. The lowest BCUT2D eigenvalue weighted by Crippen LogP contribution is -1.95. The van der Waals surface area contributed by atoms with Crippen LogP contribution in [0.4, 0.5) is 0 Å². The van der Waals surface area contributed by atoms with Gasteiger partial charge in [-0.05, 0) is 48.1 Å². The lowest BCUT2D eigenvalue weighted by molar-refractivity contribution is 0.403. The van der Waals surface area contributed by atoms with Gasteiger partial charge in [0.05, 0.1) is 11.2 Å². The maximum absolute atomic E-state index is 9.51. The lowest BCUT2D eigenvalue weighted by atomic mass is 10.2. The number of phenolic OH excluding ortho intramolecular Hbond substituents is 2. The van der Waals surface area contributed by atoms with Crippen molar-refractivity contribution in [1.29, 1.82) is 0 Å². The molecule has 0 fully saturated rings. The van der Waals surface area contributed by atoms with E-state index in [4.69, 9.17) is 23.8 Å². The van der Waals surface area contributed by atoms with Crippen LogP contribution in [0.2, 0.25) is 5.02 Å². The summed E-state index contributed by atoms with van der Waals surface area (Å²) in [6.07, 6.45) is 1.49. The molecule has 3 aromatic rings. The predicted molar refractivity (Wildman–Crippen MR) is 90.6 cm³/mol. The Balaban J connectivity index is 2.02. The first kappa shape index (κ1) is 15.3. The summed E-state index contributed by atoms with van der Waals surface area (Å²) in [4.78, 5) is 0. The van der Waals surface area contributed by atoms with Crippen LogP contribution in [-0.4, -0.2) is 31.3 Å². The molecule has 0 aliphatic rings. The highest BCUT2D eigenvalue weighted by molar-refractivity contribution is 7.71. The molecule has 0 unspecified atom stereocenters. The second kappa shape index (κ2) is 6.23. The van der Waals surface area contributed by atoms with Crippen LogP contribution in [-0.2, 0) is 0 Å². The first-order chi connectivity index (χ1) is 11.1. The SMILES string of the molecule is Oc1ccc(/C=N/n2c(-c3ccccc3Cl)n[nH]c2=S)cc1O. The Morgan fingerprint density at radius 3 is 2.70 bits per heavy atom. The third-order valence-electron chi connectivity index (χ3n) is 3.09. The van der Waals surface area contributed by atoms with Crippen molar-refractivity contribution in [2.75, 3.05) is 0 Å². The van der Waals surface area contributed by atoms with Gasteiger partial charge in [-0.3, -0.25) is 0 Å². The zero-order chi connectivity index (χ0) is 16.4. The molecule has 0 spiro atoms. The summed E-state index contributed by atoms with van der Waals surface area (Å²) in [6.45, 7) is 0. The number of aromatic hydroxyl groups is 2. The molecule has 8 heteroatoms. The van der Waals surface area contributed by atoms with E-state index < -0.39 is 0 Å². The molecule has 0 radical (unpaired) electrons. The highest BCUT2D eigenvalue weighted by Gasteiger charge is 2.11. The number of H-pyrrole nitrogens is 1. The van der Waals surface area contributed by atoms with E-state index in [2.05, 4.69) is 15.3 Å². The normalized spacial score (nSPS) is 11.2. The van der Waals surface area contributed by atoms with Gasteiger partial charge in [0.2, 0.25) is 4.77 Å². The van der Waals surface area contributed by atoms with Crippen LogP contribution in [0.1, 0.15) is 5.56 Å². The number of halogens is 1. The average Bonchev–Trinajstić information content (AvgIpc) is 2.90. The Morgan fingerprint density at radius 1 is 1.17 bits per heavy atom. The van der Waals surface area contributed by atoms with Crippen LogP contribution in [0.25, 0.3) is 11.4 Å². The summed E-state index contributed by atoms with van der Waals surface area (Å²) in [6, 6.07) is 11.6. The Labute approximate surface area is 141 Å². The van der Waals surface area contributed by atoms with Crippen molar-refractivity contribution in [2.24, 2.45) is 5.10 Å². The molecule has 1 aromatic heterocycles. The number of nitrogens with zero attached hydrogens (tertiary/aromatic N) is 3.